The normalized spacial score (nSPS) is 13.0. The van der Waals surface area contributed by atoms with Gasteiger partial charge in [-0.1, -0.05) is 20.3 Å². The number of carbonyl (C=O) groups is 1. The zero-order valence-electron chi connectivity index (χ0n) is 13.6. The van der Waals surface area contributed by atoms with Crippen LogP contribution in [0.5, 0.6) is 0 Å². The van der Waals surface area contributed by atoms with E-state index in [-0.39, 0.29) is 24.5 Å². The minimum absolute atomic E-state index is 0.146. The highest BCUT2D eigenvalue weighted by atomic mass is 32.2. The molecule has 120 valence electrons. The molecule has 0 heterocycles. The quantitative estimate of drug-likeness (QED) is 0.732. The van der Waals surface area contributed by atoms with E-state index in [9.17, 15) is 13.2 Å². The van der Waals surface area contributed by atoms with Crippen LogP contribution in [-0.2, 0) is 15.0 Å². The van der Waals surface area contributed by atoms with E-state index in [0.717, 1.165) is 12.8 Å². The number of amides is 1. The lowest BCUT2D eigenvalue weighted by molar-refractivity contribution is -0.122. The Morgan fingerprint density at radius 3 is 2.15 bits per heavy atom. The van der Waals surface area contributed by atoms with Crippen LogP contribution < -0.4 is 5.32 Å². The predicted molar refractivity (Wildman–Crippen MR) is 81.6 cm³/mol. The van der Waals surface area contributed by atoms with Gasteiger partial charge in [0.05, 0.1) is 6.54 Å². The lowest BCUT2D eigenvalue weighted by atomic mass is 10.1. The molecule has 7 heteroatoms. The second-order valence-electron chi connectivity index (χ2n) is 5.91. The summed E-state index contributed by atoms with van der Waals surface area (Å²) >= 11 is 0. The summed E-state index contributed by atoms with van der Waals surface area (Å²) < 4.78 is 27.2. The van der Waals surface area contributed by atoms with E-state index in [4.69, 9.17) is 0 Å². The van der Waals surface area contributed by atoms with E-state index in [0.29, 0.717) is 6.54 Å². The van der Waals surface area contributed by atoms with E-state index < -0.39 is 10.2 Å². The van der Waals surface area contributed by atoms with Crippen molar-refractivity contribution in [2.75, 3.05) is 26.7 Å². The Kier molecular flexibility index (Phi) is 7.69. The summed E-state index contributed by atoms with van der Waals surface area (Å²) in [5.41, 5.74) is -0.367. The highest BCUT2D eigenvalue weighted by Crippen LogP contribution is 2.08. The molecule has 1 amide bonds. The summed E-state index contributed by atoms with van der Waals surface area (Å²) in [5.74, 6) is -0.285. The smallest absolute Gasteiger partial charge is 0.282 e. The Morgan fingerprint density at radius 1 is 1.20 bits per heavy atom. The van der Waals surface area contributed by atoms with Crippen molar-refractivity contribution in [3.05, 3.63) is 0 Å². The first kappa shape index (κ1) is 19.3. The molecule has 20 heavy (non-hydrogen) atoms. The third-order valence-electron chi connectivity index (χ3n) is 2.73. The van der Waals surface area contributed by atoms with Crippen molar-refractivity contribution in [3.8, 4) is 0 Å². The van der Waals surface area contributed by atoms with Crippen LogP contribution in [0.15, 0.2) is 0 Å². The standard InChI is InChI=1S/C13H29N3O3S/c1-7-9-10-15(6)20(18,19)16(8-2)11-12(17)14-13(3,4)5/h7-11H2,1-6H3,(H,14,17). The highest BCUT2D eigenvalue weighted by molar-refractivity contribution is 7.86. The van der Waals surface area contributed by atoms with Gasteiger partial charge in [-0.2, -0.15) is 17.0 Å². The van der Waals surface area contributed by atoms with E-state index >= 15 is 0 Å². The van der Waals surface area contributed by atoms with Crippen LogP contribution in [0, 0.1) is 0 Å². The van der Waals surface area contributed by atoms with Crippen molar-refractivity contribution in [2.45, 2.75) is 53.0 Å². The molecule has 6 nitrogen and oxygen atoms in total. The van der Waals surface area contributed by atoms with Gasteiger partial charge in [0.25, 0.3) is 10.2 Å². The fourth-order valence-electron chi connectivity index (χ4n) is 1.67. The van der Waals surface area contributed by atoms with Gasteiger partial charge in [0.15, 0.2) is 0 Å². The number of nitrogens with zero attached hydrogens (tertiary/aromatic N) is 2. The number of likely N-dealkylation sites (N-methyl/N-ethyl adjacent to an activating group) is 1. The van der Waals surface area contributed by atoms with Crippen LogP contribution in [0.4, 0.5) is 0 Å². The zero-order valence-corrected chi connectivity index (χ0v) is 14.4. The molecule has 0 radical (unpaired) electrons. The molecule has 0 aliphatic heterocycles. The zero-order chi connectivity index (χ0) is 16.0. The molecule has 0 rings (SSSR count). The number of unbranched alkanes of at least 4 members (excludes halogenated alkanes) is 1. The molecule has 1 N–H and O–H groups in total. The Balaban J connectivity index is 4.77. The predicted octanol–water partition coefficient (Wildman–Crippen LogP) is 1.20. The number of carbonyl (C=O) groups excluding carboxylic acids is 1. The Hall–Kier alpha value is -0.660. The molecule has 0 saturated carbocycles. The minimum atomic E-state index is -3.57. The number of nitrogens with one attached hydrogen (secondary N) is 1. The number of rotatable bonds is 8. The van der Waals surface area contributed by atoms with Gasteiger partial charge < -0.3 is 5.32 Å². The van der Waals surface area contributed by atoms with E-state index in [1.807, 2.05) is 27.7 Å². The van der Waals surface area contributed by atoms with Crippen molar-refractivity contribution >= 4 is 16.1 Å². The molecule has 0 aliphatic rings. The van der Waals surface area contributed by atoms with E-state index in [2.05, 4.69) is 5.32 Å². The second-order valence-corrected chi connectivity index (χ2v) is 7.94. The van der Waals surface area contributed by atoms with Crippen molar-refractivity contribution in [1.29, 1.82) is 0 Å². The van der Waals surface area contributed by atoms with Gasteiger partial charge in [0.2, 0.25) is 5.91 Å². The summed E-state index contributed by atoms with van der Waals surface area (Å²) in [6, 6.07) is 0. The van der Waals surface area contributed by atoms with E-state index in [1.165, 1.54) is 8.61 Å². The molecule has 0 bridgehead atoms. The molecule has 0 aromatic carbocycles. The maximum absolute atomic E-state index is 12.3. The fourth-order valence-corrected chi connectivity index (χ4v) is 3.03. The second kappa shape index (κ2) is 7.95. The molecule has 0 aliphatic carbocycles. The van der Waals surface area contributed by atoms with Gasteiger partial charge in [0.1, 0.15) is 0 Å². The van der Waals surface area contributed by atoms with Crippen LogP contribution in [-0.4, -0.2) is 55.2 Å². The summed E-state index contributed by atoms with van der Waals surface area (Å²) in [7, 11) is -2.02. The topological polar surface area (TPSA) is 69.7 Å². The van der Waals surface area contributed by atoms with Crippen molar-refractivity contribution in [3.63, 3.8) is 0 Å². The van der Waals surface area contributed by atoms with Gasteiger partial charge in [-0.25, -0.2) is 0 Å². The lowest BCUT2D eigenvalue weighted by Gasteiger charge is -2.28. The summed E-state index contributed by atoms with van der Waals surface area (Å²) in [4.78, 5) is 11.9. The molecule has 0 saturated heterocycles. The molecule has 0 atom stereocenters. The van der Waals surface area contributed by atoms with E-state index in [1.54, 1.807) is 14.0 Å². The Morgan fingerprint density at radius 2 is 1.75 bits per heavy atom. The number of hydrogen-bond acceptors (Lipinski definition) is 3. The van der Waals surface area contributed by atoms with Gasteiger partial charge in [-0.15, -0.1) is 0 Å². The first-order chi connectivity index (χ1) is 9.04. The molecule has 0 fully saturated rings. The number of hydrogen-bond donors (Lipinski definition) is 1. The van der Waals surface area contributed by atoms with Crippen molar-refractivity contribution in [2.24, 2.45) is 0 Å². The lowest BCUT2D eigenvalue weighted by Crippen LogP contribution is -2.50. The van der Waals surface area contributed by atoms with Crippen LogP contribution in [0.25, 0.3) is 0 Å². The maximum Gasteiger partial charge on any atom is 0.282 e. The van der Waals surface area contributed by atoms with Gasteiger partial charge in [-0.05, 0) is 27.2 Å². The molecular weight excluding hydrogens is 278 g/mol. The van der Waals surface area contributed by atoms with Gasteiger partial charge in [0, 0.05) is 25.7 Å². The van der Waals surface area contributed by atoms with Gasteiger partial charge >= 0.3 is 0 Å². The maximum atomic E-state index is 12.3. The van der Waals surface area contributed by atoms with Crippen LogP contribution in [0.3, 0.4) is 0 Å². The summed E-state index contributed by atoms with van der Waals surface area (Å²) in [6.45, 7) is 9.93. The average molecular weight is 307 g/mol. The summed E-state index contributed by atoms with van der Waals surface area (Å²) in [6.07, 6.45) is 1.73. The Labute approximate surface area is 123 Å². The van der Waals surface area contributed by atoms with Crippen LogP contribution in [0.1, 0.15) is 47.5 Å². The highest BCUT2D eigenvalue weighted by Gasteiger charge is 2.28. The molecule has 0 aromatic rings. The molecule has 0 spiro atoms. The SMILES string of the molecule is CCCCN(C)S(=O)(=O)N(CC)CC(=O)NC(C)(C)C. The van der Waals surface area contributed by atoms with Crippen LogP contribution in [0.2, 0.25) is 0 Å². The average Bonchev–Trinajstić information content (AvgIpc) is 2.30. The molecule has 0 unspecified atom stereocenters. The first-order valence-corrected chi connectivity index (χ1v) is 8.46. The molecular formula is C13H29N3O3S. The van der Waals surface area contributed by atoms with Crippen LogP contribution >= 0.6 is 0 Å². The largest absolute Gasteiger partial charge is 0.350 e. The monoisotopic (exact) mass is 307 g/mol. The first-order valence-electron chi connectivity index (χ1n) is 7.07. The van der Waals surface area contributed by atoms with Gasteiger partial charge in [-0.3, -0.25) is 4.79 Å². The third-order valence-corrected chi connectivity index (χ3v) is 4.74. The van der Waals surface area contributed by atoms with Crippen molar-refractivity contribution < 1.29 is 13.2 Å². The summed E-state index contributed by atoms with van der Waals surface area (Å²) in [5, 5.41) is 2.77. The third kappa shape index (κ3) is 6.67. The Bertz CT molecular complexity index is 402. The molecule has 0 aromatic heterocycles. The van der Waals surface area contributed by atoms with Crippen molar-refractivity contribution in [1.82, 2.24) is 13.9 Å². The fraction of sp³-hybridized carbons (Fsp3) is 0.923. The minimum Gasteiger partial charge on any atom is -0.350 e.